The fraction of sp³-hybridized carbons (Fsp3) is 0.267. The molecule has 0 bridgehead atoms. The predicted molar refractivity (Wildman–Crippen MR) is 160 cm³/mol. The number of aromatic nitrogens is 1. The predicted octanol–water partition coefficient (Wildman–Crippen LogP) is 3.15. The summed E-state index contributed by atoms with van der Waals surface area (Å²) in [6.07, 6.45) is 0.645. The van der Waals surface area contributed by atoms with Crippen LogP contribution in [0.1, 0.15) is 42.1 Å². The van der Waals surface area contributed by atoms with Crippen LogP contribution in [0.3, 0.4) is 0 Å². The fourth-order valence-corrected chi connectivity index (χ4v) is 4.08. The highest BCUT2D eigenvalue weighted by atomic mass is 16.5. The van der Waals surface area contributed by atoms with Crippen molar-refractivity contribution in [3.63, 3.8) is 0 Å². The normalized spacial score (nSPS) is 11.1. The molecule has 13 nitrogen and oxygen atoms in total. The Bertz CT molecular complexity index is 1490. The van der Waals surface area contributed by atoms with Gasteiger partial charge in [-0.3, -0.25) is 24.2 Å². The summed E-state index contributed by atoms with van der Waals surface area (Å²) in [5, 5.41) is 17.4. The van der Waals surface area contributed by atoms with Crippen LogP contribution in [0.4, 0.5) is 21.9 Å². The summed E-state index contributed by atoms with van der Waals surface area (Å²) in [4.78, 5) is 65.6. The number of carbonyl (C=O) groups is 5. The second-order valence-corrected chi connectivity index (χ2v) is 9.68. The molecule has 0 spiro atoms. The van der Waals surface area contributed by atoms with Gasteiger partial charge in [-0.25, -0.2) is 4.79 Å². The van der Waals surface area contributed by atoms with E-state index in [-0.39, 0.29) is 30.9 Å². The Morgan fingerprint density at radius 2 is 1.72 bits per heavy atom. The van der Waals surface area contributed by atoms with Gasteiger partial charge in [0.25, 0.3) is 0 Å². The molecular formula is C30H34N6O7. The molecule has 226 valence electrons. The molecule has 43 heavy (non-hydrogen) atoms. The lowest BCUT2D eigenvalue weighted by Crippen LogP contribution is -2.32. The number of aliphatic carboxylic acids is 1. The number of primary amides is 1. The Hall–Kier alpha value is -5.46. The molecular weight excluding hydrogens is 556 g/mol. The summed E-state index contributed by atoms with van der Waals surface area (Å²) in [5.41, 5.74) is 8.44. The number of carboxylic acids is 1. The van der Waals surface area contributed by atoms with Gasteiger partial charge >= 0.3 is 12.0 Å². The van der Waals surface area contributed by atoms with E-state index in [0.29, 0.717) is 28.4 Å². The number of nitrogens with two attached hydrogens (primary N) is 1. The van der Waals surface area contributed by atoms with Crippen molar-refractivity contribution in [1.82, 2.24) is 10.3 Å². The van der Waals surface area contributed by atoms with Gasteiger partial charge in [0, 0.05) is 25.6 Å². The van der Waals surface area contributed by atoms with Gasteiger partial charge < -0.3 is 36.4 Å². The first-order valence-corrected chi connectivity index (χ1v) is 13.3. The van der Waals surface area contributed by atoms with Crippen LogP contribution in [0.15, 0.2) is 60.8 Å². The van der Waals surface area contributed by atoms with E-state index in [1.165, 1.54) is 24.3 Å². The summed E-state index contributed by atoms with van der Waals surface area (Å²) < 4.78 is 5.43. The third kappa shape index (κ3) is 9.56. The molecule has 2 aromatic carbocycles. The number of likely N-dealkylation sites (N-methyl/N-ethyl adjacent to an activating group) is 1. The van der Waals surface area contributed by atoms with Crippen LogP contribution in [0.2, 0.25) is 0 Å². The largest absolute Gasteiger partial charge is 0.495 e. The van der Waals surface area contributed by atoms with Crippen molar-refractivity contribution in [1.29, 1.82) is 0 Å². The Balaban J connectivity index is 1.65. The molecule has 3 rings (SSSR count). The van der Waals surface area contributed by atoms with Crippen LogP contribution in [0.5, 0.6) is 5.75 Å². The fourth-order valence-electron chi connectivity index (χ4n) is 4.08. The molecule has 0 radical (unpaired) electrons. The van der Waals surface area contributed by atoms with E-state index in [2.05, 4.69) is 20.9 Å². The third-order valence-corrected chi connectivity index (χ3v) is 6.46. The number of hydrogen-bond acceptors (Lipinski definition) is 7. The van der Waals surface area contributed by atoms with Crippen molar-refractivity contribution in [2.45, 2.75) is 38.6 Å². The van der Waals surface area contributed by atoms with Crippen LogP contribution >= 0.6 is 0 Å². The molecule has 13 heteroatoms. The number of hydrogen-bond donors (Lipinski definition) is 5. The van der Waals surface area contributed by atoms with Gasteiger partial charge in [0.05, 0.1) is 49.3 Å². The number of amides is 5. The Morgan fingerprint density at radius 1 is 1.00 bits per heavy atom. The Morgan fingerprint density at radius 3 is 2.35 bits per heavy atom. The minimum Gasteiger partial charge on any atom is -0.495 e. The van der Waals surface area contributed by atoms with Gasteiger partial charge in [-0.2, -0.15) is 0 Å². The molecule has 1 heterocycles. The van der Waals surface area contributed by atoms with Crippen molar-refractivity contribution in [3.8, 4) is 5.75 Å². The molecule has 1 aromatic heterocycles. The highest BCUT2D eigenvalue weighted by Crippen LogP contribution is 2.27. The topological polar surface area (TPSA) is 193 Å². The summed E-state index contributed by atoms with van der Waals surface area (Å²) in [6, 6.07) is 14.1. The Kier molecular flexibility index (Phi) is 11.2. The lowest BCUT2D eigenvalue weighted by atomic mass is 10.1. The number of nitrogens with one attached hydrogen (secondary N) is 3. The number of carbonyl (C=O) groups excluding carboxylic acids is 4. The molecule has 5 amide bonds. The lowest BCUT2D eigenvalue weighted by molar-refractivity contribution is -0.138. The van der Waals surface area contributed by atoms with Gasteiger partial charge in [0.2, 0.25) is 17.7 Å². The lowest BCUT2D eigenvalue weighted by Gasteiger charge is -2.20. The zero-order chi connectivity index (χ0) is 31.5. The molecule has 0 aliphatic carbocycles. The average molecular weight is 591 g/mol. The van der Waals surface area contributed by atoms with Crippen LogP contribution in [-0.2, 0) is 25.6 Å². The SMILES string of the molecule is COc1cc(CC(=O)N(C)c2ccc(C(CC(=O)O)NC(=O)CCC(N)=O)nc2)ccc1NC(=O)Nc1ccccc1C. The number of nitrogens with zero attached hydrogens (tertiary/aromatic N) is 2. The maximum absolute atomic E-state index is 13.1. The standard InChI is InChI=1S/C30H34N6O7/c1-18-6-4-5-7-21(18)34-30(42)35-23-10-8-19(14-25(23)43-3)15-28(39)36(2)20-9-11-22(32-17-20)24(16-29(40)41)33-27(38)13-12-26(31)37/h4-11,14,17,24H,12-13,15-16H2,1-3H3,(H2,31,37)(H,33,38)(H,40,41)(H2,34,35,42). The highest BCUT2D eigenvalue weighted by molar-refractivity contribution is 6.01. The number of rotatable bonds is 13. The van der Waals surface area contributed by atoms with E-state index in [1.54, 1.807) is 37.4 Å². The van der Waals surface area contributed by atoms with Crippen molar-refractivity contribution < 1.29 is 33.8 Å². The summed E-state index contributed by atoms with van der Waals surface area (Å²) in [6.45, 7) is 1.88. The summed E-state index contributed by atoms with van der Waals surface area (Å²) >= 11 is 0. The van der Waals surface area contributed by atoms with Crippen molar-refractivity contribution >= 4 is 46.8 Å². The van der Waals surface area contributed by atoms with Gasteiger partial charge in [-0.15, -0.1) is 0 Å². The van der Waals surface area contributed by atoms with Gasteiger partial charge in [0.15, 0.2) is 0 Å². The number of aryl methyl sites for hydroxylation is 1. The number of anilines is 3. The van der Waals surface area contributed by atoms with Gasteiger partial charge in [0.1, 0.15) is 5.75 Å². The molecule has 0 saturated carbocycles. The minimum absolute atomic E-state index is 0.0157. The molecule has 1 atom stereocenters. The van der Waals surface area contributed by atoms with E-state index in [4.69, 9.17) is 10.5 Å². The first kappa shape index (κ1) is 32.1. The van der Waals surface area contributed by atoms with E-state index in [9.17, 15) is 29.1 Å². The van der Waals surface area contributed by atoms with E-state index in [1.807, 2.05) is 25.1 Å². The number of para-hydroxylation sites is 1. The zero-order valence-electron chi connectivity index (χ0n) is 24.0. The molecule has 0 aliphatic heterocycles. The van der Waals surface area contributed by atoms with Crippen LogP contribution in [-0.4, -0.2) is 54.0 Å². The minimum atomic E-state index is -1.15. The monoisotopic (exact) mass is 590 g/mol. The summed E-state index contributed by atoms with van der Waals surface area (Å²) in [5.74, 6) is -2.22. The number of carboxylic acid groups (broad SMARTS) is 1. The maximum Gasteiger partial charge on any atom is 0.323 e. The second-order valence-electron chi connectivity index (χ2n) is 9.68. The van der Waals surface area contributed by atoms with Gasteiger partial charge in [-0.05, 0) is 48.4 Å². The van der Waals surface area contributed by atoms with Gasteiger partial charge in [-0.1, -0.05) is 24.3 Å². The van der Waals surface area contributed by atoms with E-state index < -0.39 is 36.3 Å². The first-order valence-electron chi connectivity index (χ1n) is 13.3. The molecule has 0 fully saturated rings. The zero-order valence-corrected chi connectivity index (χ0v) is 24.0. The maximum atomic E-state index is 13.1. The van der Waals surface area contributed by atoms with Crippen molar-refractivity contribution in [2.75, 3.05) is 29.7 Å². The highest BCUT2D eigenvalue weighted by Gasteiger charge is 2.21. The summed E-state index contributed by atoms with van der Waals surface area (Å²) in [7, 11) is 3.03. The molecule has 1 unspecified atom stereocenters. The molecule has 3 aromatic rings. The smallest absolute Gasteiger partial charge is 0.323 e. The van der Waals surface area contributed by atoms with E-state index in [0.717, 1.165) is 5.56 Å². The number of pyridine rings is 1. The van der Waals surface area contributed by atoms with Crippen molar-refractivity contribution in [3.05, 3.63) is 77.6 Å². The number of ether oxygens (including phenoxy) is 1. The van der Waals surface area contributed by atoms with Crippen LogP contribution in [0.25, 0.3) is 0 Å². The average Bonchev–Trinajstić information content (AvgIpc) is 2.97. The second kappa shape index (κ2) is 15.0. The van der Waals surface area contributed by atoms with Crippen molar-refractivity contribution in [2.24, 2.45) is 5.73 Å². The Labute approximate surface area is 248 Å². The quantitative estimate of drug-likeness (QED) is 0.200. The molecule has 0 aliphatic rings. The van der Waals surface area contributed by atoms with E-state index >= 15 is 0 Å². The van der Waals surface area contributed by atoms with Crippen LogP contribution in [0, 0.1) is 6.92 Å². The molecule has 0 saturated heterocycles. The van der Waals surface area contributed by atoms with Crippen LogP contribution < -0.4 is 31.3 Å². The first-order chi connectivity index (χ1) is 20.5. The third-order valence-electron chi connectivity index (χ3n) is 6.46. The molecule has 6 N–H and O–H groups in total. The number of urea groups is 1. The number of methoxy groups -OCH3 is 1. The number of benzene rings is 2.